The number of carbonyl (C=O) groups is 1. The van der Waals surface area contributed by atoms with Crippen molar-refractivity contribution in [1.82, 2.24) is 4.72 Å². The minimum absolute atomic E-state index is 0.0296. The molecule has 6 heteroatoms. The zero-order chi connectivity index (χ0) is 16.9. The van der Waals surface area contributed by atoms with Gasteiger partial charge < -0.3 is 5.11 Å². The molecule has 130 valence electrons. The van der Waals surface area contributed by atoms with Gasteiger partial charge in [-0.3, -0.25) is 4.79 Å². The monoisotopic (exact) mass is 349 g/mol. The molecule has 3 aliphatic rings. The molecule has 0 aromatic heterocycles. The molecule has 1 aromatic carbocycles. The number of fused-ring (bicyclic) bond motifs is 2. The molecule has 4 rings (SSSR count). The topological polar surface area (TPSA) is 83.5 Å². The van der Waals surface area contributed by atoms with Crippen LogP contribution in [0.1, 0.15) is 37.2 Å². The Morgan fingerprint density at radius 2 is 1.83 bits per heavy atom. The summed E-state index contributed by atoms with van der Waals surface area (Å²) in [6.45, 7) is 0. The summed E-state index contributed by atoms with van der Waals surface area (Å²) in [6, 6.07) is 10.5. The Labute approximate surface area is 142 Å². The van der Waals surface area contributed by atoms with Gasteiger partial charge in [-0.15, -0.1) is 0 Å². The molecule has 5 nitrogen and oxygen atoms in total. The van der Waals surface area contributed by atoms with Crippen LogP contribution in [0.25, 0.3) is 0 Å². The predicted molar refractivity (Wildman–Crippen MR) is 90.0 cm³/mol. The van der Waals surface area contributed by atoms with Gasteiger partial charge in [-0.25, -0.2) is 13.1 Å². The summed E-state index contributed by atoms with van der Waals surface area (Å²) in [7, 11) is -3.39. The lowest BCUT2D eigenvalue weighted by Crippen LogP contribution is -2.41. The van der Waals surface area contributed by atoms with E-state index in [-0.39, 0.29) is 17.7 Å². The molecule has 0 aliphatic heterocycles. The summed E-state index contributed by atoms with van der Waals surface area (Å²) >= 11 is 0. The quantitative estimate of drug-likeness (QED) is 0.825. The second-order valence-electron chi connectivity index (χ2n) is 7.69. The third-order valence-corrected chi connectivity index (χ3v) is 7.62. The summed E-state index contributed by atoms with van der Waals surface area (Å²) in [5.41, 5.74) is 1.37. The highest BCUT2D eigenvalue weighted by atomic mass is 32.2. The van der Waals surface area contributed by atoms with Gasteiger partial charge in [-0.1, -0.05) is 30.3 Å². The number of carboxylic acid groups (broad SMARTS) is 1. The highest BCUT2D eigenvalue weighted by Crippen LogP contribution is 2.53. The molecule has 2 bridgehead atoms. The van der Waals surface area contributed by atoms with Crippen molar-refractivity contribution >= 4 is 16.0 Å². The zero-order valence-electron chi connectivity index (χ0n) is 13.5. The Hall–Kier alpha value is -1.40. The Morgan fingerprint density at radius 3 is 2.42 bits per heavy atom. The number of hydrogen-bond donors (Lipinski definition) is 2. The second kappa shape index (κ2) is 5.85. The van der Waals surface area contributed by atoms with E-state index in [0.717, 1.165) is 19.3 Å². The Kier molecular flexibility index (Phi) is 3.92. The lowest BCUT2D eigenvalue weighted by molar-refractivity contribution is -0.138. The lowest BCUT2D eigenvalue weighted by Gasteiger charge is -2.28. The van der Waals surface area contributed by atoms with E-state index in [1.165, 1.54) is 5.56 Å². The van der Waals surface area contributed by atoms with Crippen LogP contribution in [0.3, 0.4) is 0 Å². The number of hydrogen-bond acceptors (Lipinski definition) is 3. The van der Waals surface area contributed by atoms with Crippen LogP contribution in [-0.2, 0) is 14.8 Å². The Morgan fingerprint density at radius 1 is 1.08 bits per heavy atom. The van der Waals surface area contributed by atoms with Crippen LogP contribution in [0.15, 0.2) is 30.3 Å². The van der Waals surface area contributed by atoms with Crippen LogP contribution in [0.2, 0.25) is 0 Å². The summed E-state index contributed by atoms with van der Waals surface area (Å²) in [6.07, 6.45) is 3.52. The minimum Gasteiger partial charge on any atom is -0.481 e. The number of rotatable bonds is 6. The molecule has 0 spiro atoms. The maximum absolute atomic E-state index is 12.3. The maximum atomic E-state index is 12.3. The van der Waals surface area contributed by atoms with Crippen molar-refractivity contribution in [2.45, 2.75) is 37.6 Å². The number of nitrogens with one attached hydrogen (secondary N) is 1. The van der Waals surface area contributed by atoms with Gasteiger partial charge in [-0.2, -0.15) is 0 Å². The van der Waals surface area contributed by atoms with Crippen LogP contribution >= 0.6 is 0 Å². The molecule has 3 saturated carbocycles. The first-order valence-corrected chi connectivity index (χ1v) is 10.4. The fourth-order valence-electron chi connectivity index (χ4n) is 4.82. The first-order chi connectivity index (χ1) is 11.4. The SMILES string of the molecule is O=C(O)[C@@H]1C[C@H]1CS(=O)(=O)N[C@@H]1C[C@H]2C[C@@H]1C[C@H]2c1ccccc1. The third kappa shape index (κ3) is 3.09. The molecule has 0 unspecified atom stereocenters. The van der Waals surface area contributed by atoms with Crippen LogP contribution in [0.5, 0.6) is 0 Å². The Balaban J connectivity index is 1.35. The molecule has 24 heavy (non-hydrogen) atoms. The molecule has 1 aromatic rings. The van der Waals surface area contributed by atoms with E-state index in [2.05, 4.69) is 29.0 Å². The molecule has 6 atom stereocenters. The summed E-state index contributed by atoms with van der Waals surface area (Å²) in [5.74, 6) is -0.0838. The van der Waals surface area contributed by atoms with E-state index in [0.29, 0.717) is 24.2 Å². The van der Waals surface area contributed by atoms with E-state index in [9.17, 15) is 13.2 Å². The average Bonchev–Trinajstić information content (AvgIpc) is 3.01. The van der Waals surface area contributed by atoms with Gasteiger partial charge in [0.2, 0.25) is 10.0 Å². The van der Waals surface area contributed by atoms with Crippen LogP contribution in [-0.4, -0.2) is 31.3 Å². The number of carboxylic acids is 1. The standard InChI is InChI=1S/C18H23NO4S/c20-18(21)16-8-14(16)10-24(22,23)19-17-9-12-6-13(17)7-15(12)11-4-2-1-3-5-11/h1-5,12-17,19H,6-10H2,(H,20,21)/t12-,13-,14+,15+,16-,17-/m1/s1. The van der Waals surface area contributed by atoms with Gasteiger partial charge in [-0.05, 0) is 54.9 Å². The molecule has 3 aliphatic carbocycles. The van der Waals surface area contributed by atoms with Gasteiger partial charge in [0.15, 0.2) is 0 Å². The van der Waals surface area contributed by atoms with Crippen molar-refractivity contribution < 1.29 is 18.3 Å². The fraction of sp³-hybridized carbons (Fsp3) is 0.611. The smallest absolute Gasteiger partial charge is 0.306 e. The normalized spacial score (nSPS) is 37.5. The first kappa shape index (κ1) is 16.1. The molecule has 0 radical (unpaired) electrons. The minimum atomic E-state index is -3.39. The largest absolute Gasteiger partial charge is 0.481 e. The first-order valence-electron chi connectivity index (χ1n) is 8.70. The summed E-state index contributed by atoms with van der Waals surface area (Å²) in [5, 5.41) is 8.91. The summed E-state index contributed by atoms with van der Waals surface area (Å²) < 4.78 is 27.5. The van der Waals surface area contributed by atoms with Gasteiger partial charge in [0, 0.05) is 6.04 Å². The molecular weight excluding hydrogens is 326 g/mol. The van der Waals surface area contributed by atoms with Crippen LogP contribution in [0, 0.1) is 23.7 Å². The molecular formula is C18H23NO4S. The van der Waals surface area contributed by atoms with Crippen molar-refractivity contribution in [2.24, 2.45) is 23.7 Å². The van der Waals surface area contributed by atoms with E-state index in [1.54, 1.807) is 0 Å². The van der Waals surface area contributed by atoms with Crippen LogP contribution in [0.4, 0.5) is 0 Å². The van der Waals surface area contributed by atoms with E-state index >= 15 is 0 Å². The molecule has 2 N–H and O–H groups in total. The molecule has 3 fully saturated rings. The fourth-order valence-corrected chi connectivity index (χ4v) is 6.60. The van der Waals surface area contributed by atoms with Crippen molar-refractivity contribution in [1.29, 1.82) is 0 Å². The number of benzene rings is 1. The van der Waals surface area contributed by atoms with E-state index in [4.69, 9.17) is 5.11 Å². The van der Waals surface area contributed by atoms with Crippen molar-refractivity contribution in [3.05, 3.63) is 35.9 Å². The number of sulfonamides is 1. The number of aliphatic carboxylic acids is 1. The average molecular weight is 349 g/mol. The molecule has 0 amide bonds. The predicted octanol–water partition coefficient (Wildman–Crippen LogP) is 2.21. The van der Waals surface area contributed by atoms with Crippen molar-refractivity contribution in [2.75, 3.05) is 5.75 Å². The van der Waals surface area contributed by atoms with Crippen molar-refractivity contribution in [3.8, 4) is 0 Å². The lowest BCUT2D eigenvalue weighted by atomic mass is 9.82. The third-order valence-electron chi connectivity index (χ3n) is 6.09. The molecule has 0 saturated heterocycles. The van der Waals surface area contributed by atoms with Gasteiger partial charge >= 0.3 is 5.97 Å². The summed E-state index contributed by atoms with van der Waals surface area (Å²) in [4.78, 5) is 10.9. The van der Waals surface area contributed by atoms with E-state index in [1.807, 2.05) is 6.07 Å². The van der Waals surface area contributed by atoms with Gasteiger partial charge in [0.1, 0.15) is 0 Å². The van der Waals surface area contributed by atoms with Crippen molar-refractivity contribution in [3.63, 3.8) is 0 Å². The van der Waals surface area contributed by atoms with E-state index < -0.39 is 21.9 Å². The highest BCUT2D eigenvalue weighted by molar-refractivity contribution is 7.89. The highest BCUT2D eigenvalue weighted by Gasteiger charge is 2.49. The zero-order valence-corrected chi connectivity index (χ0v) is 14.3. The Bertz CT molecular complexity index is 733. The van der Waals surface area contributed by atoms with Gasteiger partial charge in [0.05, 0.1) is 11.7 Å². The van der Waals surface area contributed by atoms with Crippen LogP contribution < -0.4 is 4.72 Å². The maximum Gasteiger partial charge on any atom is 0.306 e. The second-order valence-corrected chi connectivity index (χ2v) is 9.49. The molecule has 0 heterocycles. The van der Waals surface area contributed by atoms with Gasteiger partial charge in [0.25, 0.3) is 0 Å².